The van der Waals surface area contributed by atoms with Crippen LogP contribution in [0.25, 0.3) is 62.0 Å². The molecular weight excluding hydrogens is 548 g/mol. The third-order valence-electron chi connectivity index (χ3n) is 9.48. The molecule has 3 heterocycles. The number of hydrogen-bond donors (Lipinski definition) is 0. The third kappa shape index (κ3) is 4.44. The average molecular weight is 579 g/mol. The summed E-state index contributed by atoms with van der Waals surface area (Å²) in [4.78, 5) is 19.2. The number of rotatable bonds is 3. The molecule has 6 aromatic rings. The highest BCUT2D eigenvalue weighted by Gasteiger charge is 2.22. The monoisotopic (exact) mass is 578 g/mol. The van der Waals surface area contributed by atoms with E-state index in [1.54, 1.807) is 0 Å². The molecule has 1 atom stereocenters. The molecule has 0 bridgehead atoms. The Morgan fingerprint density at radius 3 is 2.16 bits per heavy atom. The van der Waals surface area contributed by atoms with Crippen LogP contribution in [0.2, 0.25) is 0 Å². The van der Waals surface area contributed by atoms with Crippen molar-refractivity contribution in [3.8, 4) is 22.6 Å². The smallest absolute Gasteiger partial charge is 0.178 e. The number of hydrogen-bond acceptors (Lipinski definition) is 4. The predicted molar refractivity (Wildman–Crippen MR) is 185 cm³/mol. The highest BCUT2D eigenvalue weighted by Crippen LogP contribution is 2.36. The molecule has 4 aromatic carbocycles. The first-order valence-corrected chi connectivity index (χ1v) is 15.8. The Morgan fingerprint density at radius 1 is 0.644 bits per heavy atom. The number of benzene rings is 4. The zero-order valence-corrected chi connectivity index (χ0v) is 24.8. The number of aromatic nitrogens is 3. The average Bonchev–Trinajstić information content (AvgIpc) is 3.35. The molecule has 0 saturated carbocycles. The largest absolute Gasteiger partial charge is 0.259 e. The van der Waals surface area contributed by atoms with Crippen LogP contribution in [-0.2, 0) is 6.42 Å². The first kappa shape index (κ1) is 26.0. The van der Waals surface area contributed by atoms with E-state index >= 15 is 0 Å². The van der Waals surface area contributed by atoms with Crippen LogP contribution in [0, 0.1) is 0 Å². The predicted octanol–water partition coefficient (Wildman–Crippen LogP) is 7.95. The molecule has 1 unspecified atom stereocenters. The molecule has 214 valence electrons. The van der Waals surface area contributed by atoms with E-state index in [1.165, 1.54) is 48.7 Å². The van der Waals surface area contributed by atoms with E-state index in [0.29, 0.717) is 5.82 Å². The lowest BCUT2D eigenvalue weighted by atomic mass is 9.89. The number of nitrogens with zero attached hydrogens (tertiary/aromatic N) is 4. The van der Waals surface area contributed by atoms with Crippen LogP contribution in [0.4, 0.5) is 0 Å². The van der Waals surface area contributed by atoms with Crippen LogP contribution in [0.1, 0.15) is 42.0 Å². The summed E-state index contributed by atoms with van der Waals surface area (Å²) in [6, 6.07) is 30.5. The van der Waals surface area contributed by atoms with Crippen molar-refractivity contribution < 1.29 is 0 Å². The van der Waals surface area contributed by atoms with Gasteiger partial charge in [0.05, 0.1) is 11.4 Å². The Morgan fingerprint density at radius 2 is 1.38 bits per heavy atom. The highest BCUT2D eigenvalue weighted by molar-refractivity contribution is 6.08. The minimum Gasteiger partial charge on any atom is -0.259 e. The van der Waals surface area contributed by atoms with Crippen molar-refractivity contribution in [1.82, 2.24) is 15.0 Å². The van der Waals surface area contributed by atoms with Crippen molar-refractivity contribution in [2.45, 2.75) is 31.6 Å². The second-order valence-corrected chi connectivity index (χ2v) is 12.1. The highest BCUT2D eigenvalue weighted by atomic mass is 14.9. The summed E-state index contributed by atoms with van der Waals surface area (Å²) in [6.45, 7) is 0. The standard InChI is InChI=1S/C41H30N4/c1-2-11-34-32(9-1)33-10-3-4-12-35(33)37-23-30(7-5-13-36(34)37)26-14-16-27(17-15-26)31-24-43-41(44-25-31)38-21-20-29-19-18-28-8-6-22-42-39(28)40(29)45-38/h1-5,7,9-17,20-25,30H,6,8,18-19H2. The molecular formula is C41H30N4. The van der Waals surface area contributed by atoms with Crippen molar-refractivity contribution in [2.24, 2.45) is 4.99 Å². The van der Waals surface area contributed by atoms with Crippen LogP contribution in [0.15, 0.2) is 120 Å². The lowest BCUT2D eigenvalue weighted by molar-refractivity contribution is 0.825. The molecule has 9 rings (SSSR count). The summed E-state index contributed by atoms with van der Waals surface area (Å²) < 4.78 is 0. The molecule has 2 aliphatic carbocycles. The minimum absolute atomic E-state index is 0.166. The summed E-state index contributed by atoms with van der Waals surface area (Å²) >= 11 is 0. The van der Waals surface area contributed by atoms with Gasteiger partial charge in [0.25, 0.3) is 0 Å². The molecule has 3 aliphatic rings. The zero-order chi connectivity index (χ0) is 29.7. The topological polar surface area (TPSA) is 51.0 Å². The molecule has 4 heteroatoms. The van der Waals surface area contributed by atoms with E-state index < -0.39 is 0 Å². The first-order valence-electron chi connectivity index (χ1n) is 15.8. The van der Waals surface area contributed by atoms with Crippen molar-refractivity contribution in [2.75, 3.05) is 0 Å². The van der Waals surface area contributed by atoms with Gasteiger partial charge in [0.15, 0.2) is 5.82 Å². The van der Waals surface area contributed by atoms with Crippen molar-refractivity contribution in [1.29, 1.82) is 0 Å². The number of aliphatic imine (C=N–C) groups is 1. The SMILES string of the molecule is C1=CC(c2ccc(-c3cnc(-c4ccc5c(n4)C4=C(CCC=N4)CC5)nc3)cc2)C=c2c(c3ccccc3c3ccccc23)=C1. The molecule has 0 fully saturated rings. The second-order valence-electron chi connectivity index (χ2n) is 12.1. The molecule has 1 aliphatic heterocycles. The number of aryl methyl sites for hydroxylation is 1. The van der Waals surface area contributed by atoms with Crippen LogP contribution in [-0.4, -0.2) is 21.2 Å². The molecule has 0 radical (unpaired) electrons. The fourth-order valence-electron chi connectivity index (χ4n) is 7.16. The molecule has 2 aromatic heterocycles. The van der Waals surface area contributed by atoms with Crippen LogP contribution < -0.4 is 10.4 Å². The lowest BCUT2D eigenvalue weighted by Crippen LogP contribution is -2.26. The van der Waals surface area contributed by atoms with Crippen LogP contribution in [0.5, 0.6) is 0 Å². The van der Waals surface area contributed by atoms with Gasteiger partial charge in [0.2, 0.25) is 0 Å². The first-order chi connectivity index (χ1) is 22.3. The third-order valence-corrected chi connectivity index (χ3v) is 9.48. The Kier molecular flexibility index (Phi) is 6.12. The van der Waals surface area contributed by atoms with E-state index in [4.69, 9.17) is 19.9 Å². The lowest BCUT2D eigenvalue weighted by Gasteiger charge is -2.22. The molecule has 0 saturated heterocycles. The normalized spacial score (nSPS) is 16.8. The fourth-order valence-corrected chi connectivity index (χ4v) is 7.16. The minimum atomic E-state index is 0.166. The summed E-state index contributed by atoms with van der Waals surface area (Å²) in [6.07, 6.45) is 19.2. The van der Waals surface area contributed by atoms with Gasteiger partial charge in [-0.25, -0.2) is 15.0 Å². The van der Waals surface area contributed by atoms with Gasteiger partial charge in [-0.2, -0.15) is 0 Å². The van der Waals surface area contributed by atoms with E-state index in [9.17, 15) is 0 Å². The Balaban J connectivity index is 1.03. The zero-order valence-electron chi connectivity index (χ0n) is 24.8. The van der Waals surface area contributed by atoms with Gasteiger partial charge in [-0.05, 0) is 86.0 Å². The molecule has 0 spiro atoms. The van der Waals surface area contributed by atoms with Gasteiger partial charge in [-0.15, -0.1) is 0 Å². The van der Waals surface area contributed by atoms with E-state index in [1.807, 2.05) is 24.7 Å². The Bertz CT molecular complexity index is 2360. The van der Waals surface area contributed by atoms with Gasteiger partial charge in [0.1, 0.15) is 5.69 Å². The van der Waals surface area contributed by atoms with Crippen molar-refractivity contribution in [3.05, 3.63) is 142 Å². The van der Waals surface area contributed by atoms with E-state index in [2.05, 4.69) is 103 Å². The summed E-state index contributed by atoms with van der Waals surface area (Å²) in [5.41, 5.74) is 8.87. The number of fused-ring (bicyclic) bond motifs is 8. The quantitative estimate of drug-likeness (QED) is 0.200. The second kappa shape index (κ2) is 10.6. The van der Waals surface area contributed by atoms with Gasteiger partial charge in [0, 0.05) is 30.1 Å². The van der Waals surface area contributed by atoms with Crippen LogP contribution >= 0.6 is 0 Å². The van der Waals surface area contributed by atoms with Gasteiger partial charge < -0.3 is 0 Å². The maximum Gasteiger partial charge on any atom is 0.178 e. The summed E-state index contributed by atoms with van der Waals surface area (Å²) in [5.74, 6) is 0.803. The van der Waals surface area contributed by atoms with E-state index in [0.717, 1.165) is 53.9 Å². The van der Waals surface area contributed by atoms with E-state index in [-0.39, 0.29) is 5.92 Å². The number of pyridine rings is 1. The molecule has 45 heavy (non-hydrogen) atoms. The summed E-state index contributed by atoms with van der Waals surface area (Å²) in [7, 11) is 0. The fraction of sp³-hybridized carbons (Fsp3) is 0.122. The Labute approximate surface area is 261 Å². The van der Waals surface area contributed by atoms with Gasteiger partial charge in [-0.1, -0.05) is 103 Å². The molecule has 4 nitrogen and oxygen atoms in total. The Hall–Kier alpha value is -5.48. The number of allylic oxidation sites excluding steroid dienone is 3. The molecule has 0 N–H and O–H groups in total. The van der Waals surface area contributed by atoms with Crippen molar-refractivity contribution >= 4 is 45.6 Å². The van der Waals surface area contributed by atoms with Crippen LogP contribution in [0.3, 0.4) is 0 Å². The van der Waals surface area contributed by atoms with Gasteiger partial charge in [-0.3, -0.25) is 4.99 Å². The maximum absolute atomic E-state index is 4.98. The summed E-state index contributed by atoms with van der Waals surface area (Å²) in [5, 5.41) is 7.77. The van der Waals surface area contributed by atoms with Gasteiger partial charge >= 0.3 is 0 Å². The molecule has 0 amide bonds. The maximum atomic E-state index is 4.98. The van der Waals surface area contributed by atoms with Crippen molar-refractivity contribution in [3.63, 3.8) is 0 Å².